The van der Waals surface area contributed by atoms with Crippen molar-refractivity contribution in [2.45, 2.75) is 25.8 Å². The predicted molar refractivity (Wildman–Crippen MR) is 112 cm³/mol. The van der Waals surface area contributed by atoms with Gasteiger partial charge in [0.05, 0.1) is 12.2 Å². The molecule has 0 saturated carbocycles. The fraction of sp³-hybridized carbons (Fsp3) is 0.304. The van der Waals surface area contributed by atoms with Crippen LogP contribution >= 0.6 is 0 Å². The molecule has 1 atom stereocenters. The maximum absolute atomic E-state index is 4.91. The Balaban J connectivity index is 1.52. The zero-order valence-corrected chi connectivity index (χ0v) is 15.8. The van der Waals surface area contributed by atoms with E-state index >= 15 is 0 Å². The number of pyridine rings is 1. The van der Waals surface area contributed by atoms with Crippen molar-refractivity contribution < 1.29 is 0 Å². The van der Waals surface area contributed by atoms with Gasteiger partial charge in [-0.05, 0) is 30.4 Å². The number of guanidine groups is 1. The first-order valence-corrected chi connectivity index (χ1v) is 9.76. The molecule has 0 bridgehead atoms. The lowest BCUT2D eigenvalue weighted by atomic mass is 9.99. The summed E-state index contributed by atoms with van der Waals surface area (Å²) in [6.07, 6.45) is 3.04. The van der Waals surface area contributed by atoms with Crippen LogP contribution in [0.15, 0.2) is 71.9 Å². The van der Waals surface area contributed by atoms with E-state index in [0.29, 0.717) is 12.5 Å². The van der Waals surface area contributed by atoms with Crippen LogP contribution in [0.3, 0.4) is 0 Å². The Kier molecular flexibility index (Phi) is 5.33. The fourth-order valence-electron chi connectivity index (χ4n) is 3.83. The molecule has 0 amide bonds. The topological polar surface area (TPSA) is 40.5 Å². The van der Waals surface area contributed by atoms with Crippen molar-refractivity contribution in [2.24, 2.45) is 4.99 Å². The molecule has 4 nitrogen and oxygen atoms in total. The van der Waals surface area contributed by atoms with Gasteiger partial charge in [0.15, 0.2) is 5.96 Å². The average molecular weight is 358 g/mol. The number of nitrogens with one attached hydrogen (secondary N) is 1. The highest BCUT2D eigenvalue weighted by Crippen LogP contribution is 2.27. The molecule has 2 aromatic carbocycles. The second kappa shape index (κ2) is 8.21. The summed E-state index contributed by atoms with van der Waals surface area (Å²) in [4.78, 5) is 11.9. The Morgan fingerprint density at radius 3 is 2.78 bits per heavy atom. The molecule has 1 aliphatic rings. The number of rotatable bonds is 4. The Hall–Kier alpha value is -2.88. The highest BCUT2D eigenvalue weighted by molar-refractivity contribution is 5.85. The van der Waals surface area contributed by atoms with Crippen LogP contribution in [0, 0.1) is 0 Å². The number of benzene rings is 2. The number of hydrogen-bond donors (Lipinski definition) is 1. The van der Waals surface area contributed by atoms with E-state index in [2.05, 4.69) is 82.8 Å². The highest BCUT2D eigenvalue weighted by Gasteiger charge is 2.25. The number of nitrogens with zero attached hydrogens (tertiary/aromatic N) is 3. The maximum Gasteiger partial charge on any atom is 0.194 e. The van der Waals surface area contributed by atoms with Crippen molar-refractivity contribution in [3.8, 4) is 0 Å². The molecular formula is C23H26N4. The lowest BCUT2D eigenvalue weighted by Gasteiger charge is -2.22. The van der Waals surface area contributed by atoms with E-state index in [0.717, 1.165) is 31.3 Å². The minimum absolute atomic E-state index is 0.575. The van der Waals surface area contributed by atoms with Gasteiger partial charge >= 0.3 is 0 Å². The van der Waals surface area contributed by atoms with Crippen molar-refractivity contribution in [1.29, 1.82) is 0 Å². The molecule has 27 heavy (non-hydrogen) atoms. The lowest BCUT2D eigenvalue weighted by Crippen LogP contribution is -2.40. The molecule has 1 N–H and O–H groups in total. The van der Waals surface area contributed by atoms with Crippen molar-refractivity contribution in [3.63, 3.8) is 0 Å². The first-order valence-electron chi connectivity index (χ1n) is 9.76. The van der Waals surface area contributed by atoms with Crippen LogP contribution < -0.4 is 5.32 Å². The van der Waals surface area contributed by atoms with Gasteiger partial charge in [0.2, 0.25) is 0 Å². The third-order valence-corrected chi connectivity index (χ3v) is 5.23. The third kappa shape index (κ3) is 3.95. The molecule has 1 fully saturated rings. The SMILES string of the molecule is CCNC(=NCc1nccc2ccccc12)N1CCC(c2ccccc2)C1. The number of fused-ring (bicyclic) bond motifs is 1. The van der Waals surface area contributed by atoms with Crippen LogP contribution in [-0.2, 0) is 6.54 Å². The Bertz CT molecular complexity index is 915. The van der Waals surface area contributed by atoms with Crippen molar-refractivity contribution in [1.82, 2.24) is 15.2 Å². The highest BCUT2D eigenvalue weighted by atomic mass is 15.3. The molecule has 0 aliphatic carbocycles. The standard InChI is InChI=1S/C23H26N4/c1-2-24-23(27-15-13-20(17-27)18-8-4-3-5-9-18)26-16-22-21-11-7-6-10-19(21)12-14-25-22/h3-12,14,20H,2,13,15-17H2,1H3,(H,24,26). The van der Waals surface area contributed by atoms with E-state index in [1.807, 2.05) is 6.20 Å². The summed E-state index contributed by atoms with van der Waals surface area (Å²) in [5.41, 5.74) is 2.45. The molecule has 1 unspecified atom stereocenters. The van der Waals surface area contributed by atoms with Crippen LogP contribution in [-0.4, -0.2) is 35.5 Å². The molecule has 0 spiro atoms. The van der Waals surface area contributed by atoms with Crippen LogP contribution in [0.5, 0.6) is 0 Å². The van der Waals surface area contributed by atoms with Gasteiger partial charge in [0.25, 0.3) is 0 Å². The Morgan fingerprint density at radius 1 is 1.11 bits per heavy atom. The maximum atomic E-state index is 4.91. The average Bonchev–Trinajstić information content (AvgIpc) is 3.22. The number of likely N-dealkylation sites (tertiary alicyclic amines) is 1. The van der Waals surface area contributed by atoms with Crippen molar-refractivity contribution >= 4 is 16.7 Å². The van der Waals surface area contributed by atoms with Crippen LogP contribution in [0.4, 0.5) is 0 Å². The van der Waals surface area contributed by atoms with Gasteiger partial charge in [-0.1, -0.05) is 54.6 Å². The summed E-state index contributed by atoms with van der Waals surface area (Å²) in [6.45, 7) is 5.63. The number of aliphatic imine (C=N–C) groups is 1. The first-order chi connectivity index (χ1) is 13.3. The van der Waals surface area contributed by atoms with Gasteiger partial charge in [0.1, 0.15) is 0 Å². The molecule has 1 aliphatic heterocycles. The largest absolute Gasteiger partial charge is 0.357 e. The molecule has 0 radical (unpaired) electrons. The lowest BCUT2D eigenvalue weighted by molar-refractivity contribution is 0.486. The predicted octanol–water partition coefficient (Wildman–Crippen LogP) is 4.19. The zero-order chi connectivity index (χ0) is 18.5. The van der Waals surface area contributed by atoms with Gasteiger partial charge in [-0.25, -0.2) is 4.99 Å². The van der Waals surface area contributed by atoms with Crippen molar-refractivity contribution in [3.05, 3.63) is 78.1 Å². The van der Waals surface area contributed by atoms with E-state index in [1.54, 1.807) is 0 Å². The molecule has 4 rings (SSSR count). The molecular weight excluding hydrogens is 332 g/mol. The molecule has 138 valence electrons. The van der Waals surface area contributed by atoms with Gasteiger partial charge in [-0.2, -0.15) is 0 Å². The second-order valence-corrected chi connectivity index (χ2v) is 6.99. The van der Waals surface area contributed by atoms with Crippen LogP contribution in [0.25, 0.3) is 10.8 Å². The molecule has 1 aromatic heterocycles. The molecule has 2 heterocycles. The summed E-state index contributed by atoms with van der Waals surface area (Å²) in [5, 5.41) is 5.86. The molecule has 4 heteroatoms. The third-order valence-electron chi connectivity index (χ3n) is 5.23. The Labute approximate surface area is 161 Å². The summed E-state index contributed by atoms with van der Waals surface area (Å²) < 4.78 is 0. The minimum Gasteiger partial charge on any atom is -0.357 e. The van der Waals surface area contributed by atoms with Crippen LogP contribution in [0.2, 0.25) is 0 Å². The summed E-state index contributed by atoms with van der Waals surface area (Å²) in [6, 6.07) is 21.2. The second-order valence-electron chi connectivity index (χ2n) is 6.99. The van der Waals surface area contributed by atoms with E-state index in [9.17, 15) is 0 Å². The van der Waals surface area contributed by atoms with Gasteiger partial charge < -0.3 is 10.2 Å². The monoisotopic (exact) mass is 358 g/mol. The summed E-state index contributed by atoms with van der Waals surface area (Å²) in [7, 11) is 0. The van der Waals surface area contributed by atoms with Gasteiger partial charge in [-0.3, -0.25) is 4.98 Å². The molecule has 1 saturated heterocycles. The zero-order valence-electron chi connectivity index (χ0n) is 15.8. The molecule has 3 aromatic rings. The fourth-order valence-corrected chi connectivity index (χ4v) is 3.83. The summed E-state index contributed by atoms with van der Waals surface area (Å²) in [5.74, 6) is 1.57. The smallest absolute Gasteiger partial charge is 0.194 e. The van der Waals surface area contributed by atoms with E-state index < -0.39 is 0 Å². The van der Waals surface area contributed by atoms with Crippen LogP contribution in [0.1, 0.15) is 30.5 Å². The minimum atomic E-state index is 0.575. The van der Waals surface area contributed by atoms with Gasteiger partial charge in [0, 0.05) is 37.1 Å². The number of aromatic nitrogens is 1. The Morgan fingerprint density at radius 2 is 1.93 bits per heavy atom. The van der Waals surface area contributed by atoms with Gasteiger partial charge in [-0.15, -0.1) is 0 Å². The van der Waals surface area contributed by atoms with E-state index in [-0.39, 0.29) is 0 Å². The quantitative estimate of drug-likeness (QED) is 0.562. The first kappa shape index (κ1) is 17.5. The van der Waals surface area contributed by atoms with E-state index in [1.165, 1.54) is 22.8 Å². The number of hydrogen-bond acceptors (Lipinski definition) is 2. The summed E-state index contributed by atoms with van der Waals surface area (Å²) >= 11 is 0. The van der Waals surface area contributed by atoms with Crippen molar-refractivity contribution in [2.75, 3.05) is 19.6 Å². The van der Waals surface area contributed by atoms with E-state index in [4.69, 9.17) is 4.99 Å². The normalized spacial score (nSPS) is 17.4.